The number of alkyl halides is 4. The molecule has 3 aromatic rings. The lowest BCUT2D eigenvalue weighted by atomic mass is 9.58. The van der Waals surface area contributed by atoms with E-state index in [2.05, 4.69) is 10.1 Å². The van der Waals surface area contributed by atoms with Crippen molar-refractivity contribution < 1.29 is 37.1 Å². The Morgan fingerprint density at radius 3 is 2.30 bits per heavy atom. The molecule has 2 N–H and O–H groups in total. The van der Waals surface area contributed by atoms with Crippen molar-refractivity contribution in [1.82, 2.24) is 15.1 Å². The van der Waals surface area contributed by atoms with E-state index in [4.69, 9.17) is 9.51 Å². The van der Waals surface area contributed by atoms with Gasteiger partial charge in [-0.3, -0.25) is 9.69 Å². The minimum atomic E-state index is -4.82. The van der Waals surface area contributed by atoms with Crippen LogP contribution >= 0.6 is 0 Å². The van der Waals surface area contributed by atoms with E-state index in [1.54, 1.807) is 44.2 Å². The van der Waals surface area contributed by atoms with Gasteiger partial charge in [0.05, 0.1) is 11.3 Å². The van der Waals surface area contributed by atoms with Crippen LogP contribution in [0.3, 0.4) is 0 Å². The van der Waals surface area contributed by atoms with Crippen LogP contribution in [0.4, 0.5) is 23.4 Å². The number of rotatable bonds is 8. The smallest absolute Gasteiger partial charge is 0.386 e. The van der Waals surface area contributed by atoms with E-state index in [9.17, 15) is 32.6 Å². The first-order valence-electron chi connectivity index (χ1n) is 16.3. The largest absolute Gasteiger partial charge is 0.417 e. The first-order valence-corrected chi connectivity index (χ1v) is 16.3. The van der Waals surface area contributed by atoms with Gasteiger partial charge in [0, 0.05) is 23.9 Å². The second-order valence-electron chi connectivity index (χ2n) is 15.0. The Balaban J connectivity index is 1.28. The summed E-state index contributed by atoms with van der Waals surface area (Å²) in [5.74, 6) is -0.542. The van der Waals surface area contributed by atoms with Gasteiger partial charge in [-0.1, -0.05) is 41.9 Å². The molecule has 0 spiro atoms. The lowest BCUT2D eigenvalue weighted by Crippen LogP contribution is -2.60. The zero-order chi connectivity index (χ0) is 34.0. The maximum Gasteiger partial charge on any atom is 0.417 e. The molecule has 3 aliphatic rings. The Hall–Kier alpha value is -3.38. The Morgan fingerprint density at radius 2 is 1.68 bits per heavy atom. The number of carbonyl (C=O) groups excluding carboxylic acids is 1. The standard InChI is InChI=1S/C35H42F4N4O4/c1-31(2,36)30-41-28(42-47-30)25-14-16-33(15-6-7-22(25)17-33)20-43(29(44)23-18-34(46,19-23)35(37,38)39)27-9-5-8-26(40-27)21-10-12-24(13-11-21)32(3,4)45/h5,8-13,22-23,25,45-46H,6-7,14-20H2,1-4H3. The summed E-state index contributed by atoms with van der Waals surface area (Å²) in [4.78, 5) is 24.8. The third-order valence-corrected chi connectivity index (χ3v) is 10.5. The maximum absolute atomic E-state index is 14.5. The number of anilines is 1. The maximum atomic E-state index is 14.5. The van der Waals surface area contributed by atoms with Gasteiger partial charge in [0.2, 0.25) is 5.91 Å². The number of hydrogen-bond donors (Lipinski definition) is 2. The van der Waals surface area contributed by atoms with Crippen LogP contribution in [-0.4, -0.2) is 49.6 Å². The van der Waals surface area contributed by atoms with Crippen molar-refractivity contribution >= 4 is 11.7 Å². The number of carbonyl (C=O) groups is 1. The lowest BCUT2D eigenvalue weighted by Gasteiger charge is -2.51. The molecular formula is C35H42F4N4O4. The van der Waals surface area contributed by atoms with Gasteiger partial charge in [-0.15, -0.1) is 0 Å². The number of nitrogens with zero attached hydrogens (tertiary/aromatic N) is 4. The average Bonchev–Trinajstić information content (AvgIpc) is 3.48. The second-order valence-corrected chi connectivity index (χ2v) is 15.0. The highest BCUT2D eigenvalue weighted by atomic mass is 19.4. The van der Waals surface area contributed by atoms with E-state index >= 15 is 0 Å². The Labute approximate surface area is 271 Å². The number of pyridine rings is 1. The number of hydrogen-bond acceptors (Lipinski definition) is 7. The highest BCUT2D eigenvalue weighted by Crippen LogP contribution is 2.55. The summed E-state index contributed by atoms with van der Waals surface area (Å²) in [6.45, 7) is 6.40. The Bertz CT molecular complexity index is 1600. The molecule has 3 aliphatic carbocycles. The van der Waals surface area contributed by atoms with Crippen LogP contribution in [0, 0.1) is 17.3 Å². The Kier molecular flexibility index (Phi) is 8.31. The van der Waals surface area contributed by atoms with Crippen LogP contribution < -0.4 is 4.90 Å². The average molecular weight is 659 g/mol. The predicted octanol–water partition coefficient (Wildman–Crippen LogP) is 7.35. The van der Waals surface area contributed by atoms with Crippen LogP contribution in [0.2, 0.25) is 0 Å². The minimum Gasteiger partial charge on any atom is -0.386 e. The van der Waals surface area contributed by atoms with E-state index in [-0.39, 0.29) is 29.7 Å². The van der Waals surface area contributed by atoms with Crippen molar-refractivity contribution in [1.29, 1.82) is 0 Å². The molecule has 0 saturated heterocycles. The quantitative estimate of drug-likeness (QED) is 0.243. The first kappa shape index (κ1) is 33.5. The summed E-state index contributed by atoms with van der Waals surface area (Å²) >= 11 is 0. The molecule has 0 aliphatic heterocycles. The van der Waals surface area contributed by atoms with E-state index in [1.165, 1.54) is 18.7 Å². The molecule has 47 heavy (non-hydrogen) atoms. The zero-order valence-electron chi connectivity index (χ0n) is 27.1. The van der Waals surface area contributed by atoms with Gasteiger partial charge < -0.3 is 14.7 Å². The van der Waals surface area contributed by atoms with Gasteiger partial charge >= 0.3 is 6.18 Å². The van der Waals surface area contributed by atoms with E-state index in [0.29, 0.717) is 23.8 Å². The SMILES string of the molecule is CC(C)(O)c1ccc(-c2cccc(N(CC34CCCC(C3)C(c3noc(C(C)(C)F)n3)CC4)C(=O)C3CC(O)(C(F)(F)F)C3)n2)cc1. The van der Waals surface area contributed by atoms with Crippen molar-refractivity contribution in [2.24, 2.45) is 17.3 Å². The number of aromatic nitrogens is 3. The molecule has 2 bridgehead atoms. The molecule has 2 aromatic heterocycles. The molecule has 3 saturated carbocycles. The molecular weight excluding hydrogens is 616 g/mol. The number of amides is 1. The molecule has 1 aromatic carbocycles. The van der Waals surface area contributed by atoms with Gasteiger partial charge in [-0.05, 0) is 102 Å². The molecule has 3 unspecified atom stereocenters. The van der Waals surface area contributed by atoms with E-state index in [0.717, 1.165) is 43.2 Å². The number of aliphatic hydroxyl groups is 2. The molecule has 3 fully saturated rings. The van der Waals surface area contributed by atoms with Gasteiger partial charge in [-0.2, -0.15) is 18.2 Å². The number of benzene rings is 1. The van der Waals surface area contributed by atoms with Crippen LogP contribution in [-0.2, 0) is 16.1 Å². The van der Waals surface area contributed by atoms with Crippen molar-refractivity contribution in [2.75, 3.05) is 11.4 Å². The summed E-state index contributed by atoms with van der Waals surface area (Å²) in [6.07, 6.45) is -1.38. The molecule has 12 heteroatoms. The topological polar surface area (TPSA) is 113 Å². The van der Waals surface area contributed by atoms with Crippen molar-refractivity contribution in [2.45, 2.75) is 108 Å². The summed E-state index contributed by atoms with van der Waals surface area (Å²) in [6, 6.07) is 12.5. The molecule has 3 atom stereocenters. The molecule has 6 rings (SSSR count). The molecule has 1 amide bonds. The normalized spacial score (nSPS) is 28.1. The molecule has 2 heterocycles. The summed E-state index contributed by atoms with van der Waals surface area (Å²) < 4.78 is 60.3. The van der Waals surface area contributed by atoms with E-state index in [1.807, 2.05) is 12.1 Å². The fourth-order valence-electron chi connectivity index (χ4n) is 7.73. The predicted molar refractivity (Wildman–Crippen MR) is 166 cm³/mol. The van der Waals surface area contributed by atoms with E-state index < -0.39 is 47.7 Å². The third kappa shape index (κ3) is 6.55. The third-order valence-electron chi connectivity index (χ3n) is 10.5. The molecule has 8 nitrogen and oxygen atoms in total. The van der Waals surface area contributed by atoms with Crippen molar-refractivity contribution in [3.63, 3.8) is 0 Å². The fraction of sp³-hybridized carbons (Fsp3) is 0.600. The number of fused-ring (bicyclic) bond motifs is 2. The first-order chi connectivity index (χ1) is 21.9. The summed E-state index contributed by atoms with van der Waals surface area (Å²) in [5.41, 5.74) is -3.90. The zero-order valence-corrected chi connectivity index (χ0v) is 27.1. The highest BCUT2D eigenvalue weighted by Gasteiger charge is 2.63. The van der Waals surface area contributed by atoms with Gasteiger partial charge in [0.25, 0.3) is 5.89 Å². The van der Waals surface area contributed by atoms with Crippen molar-refractivity contribution in [3.05, 3.63) is 59.7 Å². The second kappa shape index (κ2) is 11.6. The van der Waals surface area contributed by atoms with Crippen LogP contribution in [0.1, 0.15) is 102 Å². The number of halogens is 4. The minimum absolute atomic E-state index is 0.0193. The van der Waals surface area contributed by atoms with Crippen LogP contribution in [0.5, 0.6) is 0 Å². The van der Waals surface area contributed by atoms with Crippen LogP contribution in [0.25, 0.3) is 11.3 Å². The van der Waals surface area contributed by atoms with Gasteiger partial charge in [0.15, 0.2) is 17.1 Å². The van der Waals surface area contributed by atoms with Crippen LogP contribution in [0.15, 0.2) is 47.0 Å². The lowest BCUT2D eigenvalue weighted by molar-refractivity contribution is -0.295. The fourth-order valence-corrected chi connectivity index (χ4v) is 7.73. The monoisotopic (exact) mass is 658 g/mol. The van der Waals surface area contributed by atoms with Crippen molar-refractivity contribution in [3.8, 4) is 11.3 Å². The Morgan fingerprint density at radius 1 is 0.979 bits per heavy atom. The van der Waals surface area contributed by atoms with Gasteiger partial charge in [0.1, 0.15) is 5.82 Å². The highest BCUT2D eigenvalue weighted by molar-refractivity contribution is 5.95. The molecule has 254 valence electrons. The summed E-state index contributed by atoms with van der Waals surface area (Å²) in [5, 5.41) is 24.6. The van der Waals surface area contributed by atoms with Gasteiger partial charge in [-0.25, -0.2) is 9.37 Å². The summed E-state index contributed by atoms with van der Waals surface area (Å²) in [7, 11) is 0. The molecule has 0 radical (unpaired) electrons.